The maximum Gasteiger partial charge on any atom is 0.194 e. The van der Waals surface area contributed by atoms with Gasteiger partial charge in [-0.05, 0) is 17.2 Å². The van der Waals surface area contributed by atoms with Crippen molar-refractivity contribution >= 4 is 6.08 Å². The molecule has 0 N–H and O–H groups in total. The second-order valence-electron chi connectivity index (χ2n) is 4.51. The predicted octanol–water partition coefficient (Wildman–Crippen LogP) is 4.11. The summed E-state index contributed by atoms with van der Waals surface area (Å²) in [6.07, 6.45) is 1.43. The fourth-order valence-electron chi connectivity index (χ4n) is 1.75. The number of benzene rings is 2. The largest absolute Gasteiger partial charge is 0.489 e. The number of hydrogen-bond donors (Lipinski definition) is 0. The summed E-state index contributed by atoms with van der Waals surface area (Å²) in [7, 11) is 0. The van der Waals surface area contributed by atoms with Crippen molar-refractivity contribution in [3.05, 3.63) is 70.5 Å². The Kier molecular flexibility index (Phi) is 5.01. The van der Waals surface area contributed by atoms with Crippen LogP contribution in [0.25, 0.3) is 6.08 Å². The van der Waals surface area contributed by atoms with Gasteiger partial charge in [-0.15, -0.1) is 0 Å². The van der Waals surface area contributed by atoms with E-state index in [1.807, 2.05) is 0 Å². The summed E-state index contributed by atoms with van der Waals surface area (Å²) in [5, 5.41) is 17.3. The minimum Gasteiger partial charge on any atom is -0.489 e. The Hall–Kier alpha value is -3.25. The highest BCUT2D eigenvalue weighted by Gasteiger charge is 2.11. The number of ether oxygens (including phenoxy) is 1. The van der Waals surface area contributed by atoms with Crippen LogP contribution in [0.2, 0.25) is 0 Å². The van der Waals surface area contributed by atoms with Crippen molar-refractivity contribution in [2.75, 3.05) is 0 Å². The number of nitrogens with zero attached hydrogens (tertiary/aromatic N) is 2. The third kappa shape index (κ3) is 4.12. The van der Waals surface area contributed by atoms with Crippen molar-refractivity contribution in [2.24, 2.45) is 0 Å². The standard InChI is InChI=1S/C17H9F3N2O/c18-15-6-14(7-16(19)17(15)20)23-10-12-3-1-11(2-4-12)5-13(8-21)9-22/h1-7H,10H2. The molecule has 0 aliphatic carbocycles. The number of nitriles is 2. The zero-order valence-electron chi connectivity index (χ0n) is 11.7. The van der Waals surface area contributed by atoms with Crippen molar-refractivity contribution in [2.45, 2.75) is 6.61 Å². The number of allylic oxidation sites excluding steroid dienone is 1. The van der Waals surface area contributed by atoms with Gasteiger partial charge in [-0.1, -0.05) is 24.3 Å². The van der Waals surface area contributed by atoms with Crippen molar-refractivity contribution in [3.8, 4) is 17.9 Å². The van der Waals surface area contributed by atoms with Gasteiger partial charge in [0.25, 0.3) is 0 Å². The summed E-state index contributed by atoms with van der Waals surface area (Å²) < 4.78 is 44.1. The molecule has 0 radical (unpaired) electrons. The molecule has 0 aliphatic rings. The first-order chi connectivity index (χ1) is 11.0. The van der Waals surface area contributed by atoms with Crippen LogP contribution in [0.1, 0.15) is 11.1 Å². The Bertz CT molecular complexity index is 791. The molecule has 3 nitrogen and oxygen atoms in total. The van der Waals surface area contributed by atoms with Crippen molar-refractivity contribution in [3.63, 3.8) is 0 Å². The zero-order chi connectivity index (χ0) is 16.8. The summed E-state index contributed by atoms with van der Waals surface area (Å²) in [5.74, 6) is -4.30. The van der Waals surface area contributed by atoms with E-state index >= 15 is 0 Å². The minimum atomic E-state index is -1.54. The fraction of sp³-hybridized carbons (Fsp3) is 0.0588. The van der Waals surface area contributed by atoms with Crippen LogP contribution in [0.3, 0.4) is 0 Å². The highest BCUT2D eigenvalue weighted by Crippen LogP contribution is 2.20. The molecule has 0 amide bonds. The number of hydrogen-bond acceptors (Lipinski definition) is 3. The second-order valence-corrected chi connectivity index (χ2v) is 4.51. The lowest BCUT2D eigenvalue weighted by atomic mass is 10.1. The Morgan fingerprint density at radius 1 is 1.00 bits per heavy atom. The molecule has 114 valence electrons. The average molecular weight is 314 g/mol. The van der Waals surface area contributed by atoms with Gasteiger partial charge in [-0.25, -0.2) is 13.2 Å². The fourth-order valence-corrected chi connectivity index (χ4v) is 1.75. The third-order valence-electron chi connectivity index (χ3n) is 2.89. The molecular weight excluding hydrogens is 305 g/mol. The quantitative estimate of drug-likeness (QED) is 0.630. The molecule has 2 aromatic rings. The molecular formula is C17H9F3N2O. The van der Waals surface area contributed by atoms with E-state index in [9.17, 15) is 13.2 Å². The van der Waals surface area contributed by atoms with Gasteiger partial charge >= 0.3 is 0 Å². The lowest BCUT2D eigenvalue weighted by Gasteiger charge is -2.07. The van der Waals surface area contributed by atoms with E-state index in [-0.39, 0.29) is 17.9 Å². The molecule has 0 fully saturated rings. The van der Waals surface area contributed by atoms with Crippen molar-refractivity contribution in [1.82, 2.24) is 0 Å². The number of halogens is 3. The van der Waals surface area contributed by atoms with Crippen LogP contribution in [-0.4, -0.2) is 0 Å². The highest BCUT2D eigenvalue weighted by molar-refractivity contribution is 5.61. The van der Waals surface area contributed by atoms with Crippen LogP contribution in [0.4, 0.5) is 13.2 Å². The SMILES string of the molecule is N#CC(C#N)=Cc1ccc(COc2cc(F)c(F)c(F)c2)cc1. The molecule has 0 aromatic heterocycles. The summed E-state index contributed by atoms with van der Waals surface area (Å²) in [4.78, 5) is 0. The van der Waals surface area contributed by atoms with E-state index < -0.39 is 17.5 Å². The summed E-state index contributed by atoms with van der Waals surface area (Å²) in [6.45, 7) is 0.0257. The molecule has 6 heteroatoms. The normalized spacial score (nSPS) is 9.61. The Morgan fingerprint density at radius 3 is 2.09 bits per heavy atom. The molecule has 0 unspecified atom stereocenters. The molecule has 0 aliphatic heterocycles. The Balaban J connectivity index is 2.07. The van der Waals surface area contributed by atoms with Gasteiger partial charge in [0.05, 0.1) is 0 Å². The van der Waals surface area contributed by atoms with Gasteiger partial charge in [0.1, 0.15) is 30.1 Å². The van der Waals surface area contributed by atoms with Crippen LogP contribution in [0.5, 0.6) is 5.75 Å². The Labute approximate surface area is 130 Å². The lowest BCUT2D eigenvalue weighted by Crippen LogP contribution is -1.98. The van der Waals surface area contributed by atoms with Crippen LogP contribution >= 0.6 is 0 Å². The maximum absolute atomic E-state index is 13.1. The van der Waals surface area contributed by atoms with Crippen LogP contribution in [0.15, 0.2) is 42.0 Å². The summed E-state index contributed by atoms with van der Waals surface area (Å²) in [5.41, 5.74) is 1.33. The predicted molar refractivity (Wildman–Crippen MR) is 76.3 cm³/mol. The molecule has 23 heavy (non-hydrogen) atoms. The summed E-state index contributed by atoms with van der Waals surface area (Å²) in [6, 6.07) is 11.7. The maximum atomic E-state index is 13.1. The monoisotopic (exact) mass is 314 g/mol. The molecule has 2 aromatic carbocycles. The number of rotatable bonds is 4. The van der Waals surface area contributed by atoms with E-state index in [1.54, 1.807) is 36.4 Å². The first-order valence-electron chi connectivity index (χ1n) is 6.41. The topological polar surface area (TPSA) is 56.8 Å². The van der Waals surface area contributed by atoms with E-state index in [0.29, 0.717) is 11.1 Å². The van der Waals surface area contributed by atoms with Crippen LogP contribution in [0, 0.1) is 40.1 Å². The van der Waals surface area contributed by atoms with Gasteiger partial charge in [0.2, 0.25) is 0 Å². The van der Waals surface area contributed by atoms with Crippen LogP contribution in [-0.2, 0) is 6.61 Å². The van der Waals surface area contributed by atoms with Gasteiger partial charge < -0.3 is 4.74 Å². The third-order valence-corrected chi connectivity index (χ3v) is 2.89. The zero-order valence-corrected chi connectivity index (χ0v) is 11.7. The van der Waals surface area contributed by atoms with E-state index in [0.717, 1.165) is 12.1 Å². The van der Waals surface area contributed by atoms with Crippen LogP contribution < -0.4 is 4.74 Å². The first-order valence-corrected chi connectivity index (χ1v) is 6.41. The van der Waals surface area contributed by atoms with Gasteiger partial charge in [0.15, 0.2) is 17.5 Å². The molecule has 2 rings (SSSR count). The van der Waals surface area contributed by atoms with E-state index in [2.05, 4.69) is 0 Å². The van der Waals surface area contributed by atoms with Crippen molar-refractivity contribution < 1.29 is 17.9 Å². The van der Waals surface area contributed by atoms with Gasteiger partial charge in [0, 0.05) is 12.1 Å². The smallest absolute Gasteiger partial charge is 0.194 e. The average Bonchev–Trinajstić information content (AvgIpc) is 2.56. The van der Waals surface area contributed by atoms with E-state index in [1.165, 1.54) is 6.08 Å². The lowest BCUT2D eigenvalue weighted by molar-refractivity contribution is 0.299. The van der Waals surface area contributed by atoms with Gasteiger partial charge in [-0.2, -0.15) is 10.5 Å². The second kappa shape index (κ2) is 7.15. The molecule has 0 spiro atoms. The highest BCUT2D eigenvalue weighted by atomic mass is 19.2. The first kappa shape index (κ1) is 16.1. The molecule has 0 saturated heterocycles. The Morgan fingerprint density at radius 2 is 1.57 bits per heavy atom. The summed E-state index contributed by atoms with van der Waals surface area (Å²) >= 11 is 0. The molecule has 0 bridgehead atoms. The van der Waals surface area contributed by atoms with E-state index in [4.69, 9.17) is 15.3 Å². The minimum absolute atomic E-state index is 0.0220. The van der Waals surface area contributed by atoms with Gasteiger partial charge in [-0.3, -0.25) is 0 Å². The van der Waals surface area contributed by atoms with Crippen molar-refractivity contribution in [1.29, 1.82) is 10.5 Å². The molecule has 0 saturated carbocycles. The molecule has 0 heterocycles. The molecule has 0 atom stereocenters.